The molecular formula is C53H46N2S. The van der Waals surface area contributed by atoms with Gasteiger partial charge in [-0.1, -0.05) is 159 Å². The van der Waals surface area contributed by atoms with E-state index in [4.69, 9.17) is 9.97 Å². The molecule has 0 saturated heterocycles. The monoisotopic (exact) mass is 742 g/mol. The summed E-state index contributed by atoms with van der Waals surface area (Å²) in [4.78, 5) is 9.87. The molecule has 0 amide bonds. The van der Waals surface area contributed by atoms with Crippen LogP contribution in [-0.4, -0.2) is 9.97 Å². The fourth-order valence-electron chi connectivity index (χ4n) is 8.24. The molecule has 0 spiro atoms. The fraction of sp³-hybridized carbons (Fsp3) is 0.132. The summed E-state index contributed by atoms with van der Waals surface area (Å²) in [6, 6.07) is 54.1. The van der Waals surface area contributed by atoms with Crippen LogP contribution in [0.1, 0.15) is 41.9 Å². The molecule has 8 aromatic carbocycles. The lowest BCUT2D eigenvalue weighted by atomic mass is 9.89. The predicted molar refractivity (Wildman–Crippen MR) is 245 cm³/mol. The molecule has 0 unspecified atom stereocenters. The zero-order valence-electron chi connectivity index (χ0n) is 33.2. The molecule has 3 heteroatoms. The number of aromatic nitrogens is 2. The normalized spacial score (nSPS) is 11.1. The first-order valence-electron chi connectivity index (χ1n) is 19.6. The lowest BCUT2D eigenvalue weighted by molar-refractivity contribution is 1.07. The van der Waals surface area contributed by atoms with Crippen LogP contribution < -0.4 is 0 Å². The summed E-state index contributed by atoms with van der Waals surface area (Å²) in [5.41, 5.74) is 12.8. The molecule has 10 aromatic rings. The van der Waals surface area contributed by atoms with Crippen LogP contribution >= 0.6 is 11.3 Å². The number of hydrogen-bond acceptors (Lipinski definition) is 3. The maximum atomic E-state index is 5.06. The first-order valence-corrected chi connectivity index (χ1v) is 20.4. The molecule has 0 N–H and O–H groups in total. The number of benzene rings is 8. The van der Waals surface area contributed by atoms with Crippen molar-refractivity contribution in [1.29, 1.82) is 0 Å². The van der Waals surface area contributed by atoms with Crippen molar-refractivity contribution in [3.05, 3.63) is 180 Å². The van der Waals surface area contributed by atoms with E-state index in [-0.39, 0.29) is 0 Å². The first-order chi connectivity index (χ1) is 27.4. The lowest BCUT2D eigenvalue weighted by Gasteiger charge is -2.15. The summed E-state index contributed by atoms with van der Waals surface area (Å²) >= 11 is 1.93. The summed E-state index contributed by atoms with van der Waals surface area (Å²) in [5.74, 6) is 0. The van der Waals surface area contributed by atoms with E-state index in [0.717, 1.165) is 33.9 Å². The molecule has 56 heavy (non-hydrogen) atoms. The molecule has 2 nitrogen and oxygen atoms in total. The van der Waals surface area contributed by atoms with Crippen molar-refractivity contribution >= 4 is 63.8 Å². The molecule has 2 aromatic heterocycles. The first kappa shape index (κ1) is 36.8. The Hall–Kier alpha value is -6.16. The smallest absolute Gasteiger partial charge is 0.0928 e. The van der Waals surface area contributed by atoms with Gasteiger partial charge < -0.3 is 0 Å². The molecule has 0 aliphatic carbocycles. The summed E-state index contributed by atoms with van der Waals surface area (Å²) in [6.45, 7) is 14.7. The second kappa shape index (κ2) is 15.5. The molecule has 0 bridgehead atoms. The van der Waals surface area contributed by atoms with Crippen molar-refractivity contribution in [2.24, 2.45) is 0 Å². The van der Waals surface area contributed by atoms with Crippen molar-refractivity contribution in [2.75, 3.05) is 0 Å². The maximum absolute atomic E-state index is 5.06. The van der Waals surface area contributed by atoms with E-state index in [1.165, 1.54) is 80.3 Å². The van der Waals surface area contributed by atoms with Crippen LogP contribution in [0.4, 0.5) is 0 Å². The van der Waals surface area contributed by atoms with Crippen LogP contribution in [0, 0.1) is 34.6 Å². The van der Waals surface area contributed by atoms with Crippen LogP contribution in [0.5, 0.6) is 0 Å². The highest BCUT2D eigenvalue weighted by molar-refractivity contribution is 7.26. The summed E-state index contributed by atoms with van der Waals surface area (Å²) < 4.78 is 2.78. The Labute approximate surface area is 334 Å². The van der Waals surface area contributed by atoms with Crippen LogP contribution in [0.25, 0.3) is 86.1 Å². The van der Waals surface area contributed by atoms with Crippen molar-refractivity contribution < 1.29 is 0 Å². The SMILES string of the molecule is CC.Cc1ccccc1-c1c(C)c2sc3ccc4ccccc4c3c2c2ccccc12.Cc1ccccc1-c1nc(-c2cccc3ccccc23)c(C)nc1C. The Morgan fingerprint density at radius 3 is 1.57 bits per heavy atom. The van der Waals surface area contributed by atoms with E-state index in [0.29, 0.717) is 0 Å². The van der Waals surface area contributed by atoms with Gasteiger partial charge in [-0.15, -0.1) is 11.3 Å². The Balaban J connectivity index is 0.000000153. The van der Waals surface area contributed by atoms with Crippen LogP contribution in [0.15, 0.2) is 152 Å². The van der Waals surface area contributed by atoms with Gasteiger partial charge in [0.15, 0.2) is 0 Å². The third-order valence-corrected chi connectivity index (χ3v) is 12.1. The Morgan fingerprint density at radius 2 is 0.893 bits per heavy atom. The van der Waals surface area contributed by atoms with Gasteiger partial charge in [-0.05, 0) is 101 Å². The molecule has 0 aliphatic heterocycles. The van der Waals surface area contributed by atoms with Gasteiger partial charge in [0.1, 0.15) is 0 Å². The second-order valence-corrected chi connectivity index (χ2v) is 15.3. The minimum absolute atomic E-state index is 0.959. The Bertz CT molecular complexity index is 3050. The van der Waals surface area contributed by atoms with Gasteiger partial charge in [-0.25, -0.2) is 4.98 Å². The summed E-state index contributed by atoms with van der Waals surface area (Å²) in [7, 11) is 0. The van der Waals surface area contributed by atoms with Gasteiger partial charge in [-0.3, -0.25) is 4.98 Å². The van der Waals surface area contributed by atoms with Gasteiger partial charge in [0.25, 0.3) is 0 Å². The molecule has 0 saturated carbocycles. The number of fused-ring (bicyclic) bond motifs is 8. The molecule has 0 aliphatic rings. The number of nitrogens with zero attached hydrogens (tertiary/aromatic N) is 2. The van der Waals surface area contributed by atoms with Crippen LogP contribution in [-0.2, 0) is 0 Å². The third-order valence-electron chi connectivity index (χ3n) is 10.9. The van der Waals surface area contributed by atoms with Crippen molar-refractivity contribution in [1.82, 2.24) is 9.97 Å². The van der Waals surface area contributed by atoms with Gasteiger partial charge in [0, 0.05) is 31.3 Å². The standard InChI is InChI=1S/C28H20S.C23H20N2.C2H6/c1-17-9-3-5-11-20(17)25-18(2)28-27(23-14-8-7-13-22(23)25)26-21-12-6-4-10-19(21)15-16-24(26)29-28;1-15-9-4-6-12-19(15)22-16(2)24-17(3)23(25-22)21-14-8-11-18-10-5-7-13-20(18)21;1-2/h3-16H,1-2H3;4-14H,1-3H3;1-2H3. The quantitative estimate of drug-likeness (QED) is 0.180. The lowest BCUT2D eigenvalue weighted by Crippen LogP contribution is -2.01. The largest absolute Gasteiger partial charge is 0.254 e. The number of aryl methyl sites for hydroxylation is 5. The van der Waals surface area contributed by atoms with E-state index in [2.05, 4.69) is 172 Å². The molecule has 2 heterocycles. The minimum Gasteiger partial charge on any atom is -0.254 e. The van der Waals surface area contributed by atoms with E-state index < -0.39 is 0 Å². The molecule has 0 fully saturated rings. The number of thiophene rings is 1. The van der Waals surface area contributed by atoms with Gasteiger partial charge in [0.2, 0.25) is 0 Å². The van der Waals surface area contributed by atoms with Crippen molar-refractivity contribution in [3.8, 4) is 33.6 Å². The zero-order chi connectivity index (χ0) is 38.9. The summed E-state index contributed by atoms with van der Waals surface area (Å²) in [5, 5.41) is 10.6. The van der Waals surface area contributed by atoms with E-state index in [9.17, 15) is 0 Å². The third kappa shape index (κ3) is 6.42. The Morgan fingerprint density at radius 1 is 0.393 bits per heavy atom. The fourth-order valence-corrected chi connectivity index (χ4v) is 9.48. The van der Waals surface area contributed by atoms with Crippen LogP contribution in [0.3, 0.4) is 0 Å². The number of rotatable bonds is 3. The average Bonchev–Trinajstić information content (AvgIpc) is 3.64. The number of hydrogen-bond donors (Lipinski definition) is 0. The molecule has 274 valence electrons. The summed E-state index contributed by atoms with van der Waals surface area (Å²) in [6.07, 6.45) is 0. The Kier molecular flexibility index (Phi) is 10.2. The van der Waals surface area contributed by atoms with Gasteiger partial charge >= 0.3 is 0 Å². The zero-order valence-corrected chi connectivity index (χ0v) is 34.1. The van der Waals surface area contributed by atoms with E-state index in [1.54, 1.807) is 0 Å². The second-order valence-electron chi connectivity index (χ2n) is 14.3. The topological polar surface area (TPSA) is 25.8 Å². The van der Waals surface area contributed by atoms with Gasteiger partial charge in [0.05, 0.1) is 22.8 Å². The van der Waals surface area contributed by atoms with Crippen molar-refractivity contribution in [2.45, 2.75) is 48.5 Å². The average molecular weight is 743 g/mol. The minimum atomic E-state index is 0.959. The van der Waals surface area contributed by atoms with Crippen LogP contribution in [0.2, 0.25) is 0 Å². The highest BCUT2D eigenvalue weighted by atomic mass is 32.1. The predicted octanol–water partition coefficient (Wildman–Crippen LogP) is 15.6. The molecular weight excluding hydrogens is 697 g/mol. The maximum Gasteiger partial charge on any atom is 0.0928 e. The molecule has 10 rings (SSSR count). The molecule has 0 radical (unpaired) electrons. The van der Waals surface area contributed by atoms with E-state index >= 15 is 0 Å². The molecule has 0 atom stereocenters. The highest BCUT2D eigenvalue weighted by Crippen LogP contribution is 2.47. The van der Waals surface area contributed by atoms with Crippen molar-refractivity contribution in [3.63, 3.8) is 0 Å². The highest BCUT2D eigenvalue weighted by Gasteiger charge is 2.19. The van der Waals surface area contributed by atoms with Gasteiger partial charge in [-0.2, -0.15) is 0 Å². The van der Waals surface area contributed by atoms with E-state index in [1.807, 2.05) is 39.0 Å².